The molecule has 0 bridgehead atoms. The summed E-state index contributed by atoms with van der Waals surface area (Å²) in [7, 11) is 0. The number of hydrogen-bond acceptors (Lipinski definition) is 7. The molecule has 1 aromatic carbocycles. The van der Waals surface area contributed by atoms with Crippen LogP contribution >= 0.6 is 0 Å². The van der Waals surface area contributed by atoms with Crippen LogP contribution in [0.5, 0.6) is 5.75 Å². The van der Waals surface area contributed by atoms with Gasteiger partial charge in [-0.3, -0.25) is 9.69 Å². The number of tetrazole rings is 1. The third-order valence-electron chi connectivity index (χ3n) is 7.52. The predicted octanol–water partition coefficient (Wildman–Crippen LogP) is 4.41. The standard InChI is InChI=1S/C27H38N6O3/c1-4-35-22-11-12-24-19(15-22)14-20(27(34)28-24)16-32(17-23-10-7-13-36-23)25(18(2)3)26-29-30-31-33(26)21-8-5-6-9-21/h11-12,14-15,18,21,23,25H,4-10,13,16-17H2,1-3H3,(H,28,34)/t23-,25+/m0/s1. The summed E-state index contributed by atoms with van der Waals surface area (Å²) < 4.78 is 13.8. The van der Waals surface area contributed by atoms with Crippen LogP contribution in [0, 0.1) is 5.92 Å². The predicted molar refractivity (Wildman–Crippen MR) is 138 cm³/mol. The van der Waals surface area contributed by atoms with Gasteiger partial charge in [0.15, 0.2) is 5.82 Å². The van der Waals surface area contributed by atoms with Crippen molar-refractivity contribution in [2.75, 3.05) is 19.8 Å². The van der Waals surface area contributed by atoms with Gasteiger partial charge in [0.05, 0.1) is 24.8 Å². The minimum atomic E-state index is -0.0677. The first kappa shape index (κ1) is 24.9. The van der Waals surface area contributed by atoms with Gasteiger partial charge >= 0.3 is 0 Å². The summed E-state index contributed by atoms with van der Waals surface area (Å²) in [5.41, 5.74) is 1.46. The number of pyridine rings is 1. The van der Waals surface area contributed by atoms with Gasteiger partial charge in [0.1, 0.15) is 5.75 Å². The summed E-state index contributed by atoms with van der Waals surface area (Å²) in [4.78, 5) is 18.6. The molecule has 194 valence electrons. The third kappa shape index (κ3) is 5.32. The van der Waals surface area contributed by atoms with Gasteiger partial charge in [0.2, 0.25) is 0 Å². The molecule has 0 amide bonds. The number of aromatic nitrogens is 5. The third-order valence-corrected chi connectivity index (χ3v) is 7.52. The van der Waals surface area contributed by atoms with Crippen LogP contribution in [0.25, 0.3) is 10.9 Å². The molecule has 0 spiro atoms. The van der Waals surface area contributed by atoms with E-state index in [1.54, 1.807) is 0 Å². The average molecular weight is 495 g/mol. The van der Waals surface area contributed by atoms with Crippen LogP contribution in [0.2, 0.25) is 0 Å². The molecule has 1 N–H and O–H groups in total. The fourth-order valence-electron chi connectivity index (χ4n) is 5.84. The molecule has 3 aromatic rings. The first-order valence-electron chi connectivity index (χ1n) is 13.5. The topological polar surface area (TPSA) is 98.2 Å². The van der Waals surface area contributed by atoms with Gasteiger partial charge in [-0.05, 0) is 73.2 Å². The molecule has 0 unspecified atom stereocenters. The fraction of sp³-hybridized carbons (Fsp3) is 0.630. The summed E-state index contributed by atoms with van der Waals surface area (Å²) >= 11 is 0. The first-order chi connectivity index (χ1) is 17.5. The lowest BCUT2D eigenvalue weighted by Gasteiger charge is -2.35. The molecule has 0 radical (unpaired) electrons. The Morgan fingerprint density at radius 3 is 2.75 bits per heavy atom. The van der Waals surface area contributed by atoms with Crippen molar-refractivity contribution in [1.82, 2.24) is 30.1 Å². The Bertz CT molecular complexity index is 1210. The van der Waals surface area contributed by atoms with E-state index in [0.717, 1.165) is 66.9 Å². The Morgan fingerprint density at radius 1 is 1.19 bits per heavy atom. The monoisotopic (exact) mass is 494 g/mol. The second-order valence-corrected chi connectivity index (χ2v) is 10.5. The lowest BCUT2D eigenvalue weighted by atomic mass is 9.99. The molecular weight excluding hydrogens is 456 g/mol. The molecule has 1 aliphatic heterocycles. The second kappa shape index (κ2) is 11.1. The molecular formula is C27H38N6O3. The summed E-state index contributed by atoms with van der Waals surface area (Å²) in [5, 5.41) is 14.0. The minimum absolute atomic E-state index is 0.0327. The highest BCUT2D eigenvalue weighted by Gasteiger charge is 2.34. The van der Waals surface area contributed by atoms with E-state index >= 15 is 0 Å². The van der Waals surface area contributed by atoms with Crippen molar-refractivity contribution >= 4 is 10.9 Å². The van der Waals surface area contributed by atoms with E-state index in [4.69, 9.17) is 9.47 Å². The Labute approximate surface area is 212 Å². The van der Waals surface area contributed by atoms with Gasteiger partial charge in [-0.25, -0.2) is 4.68 Å². The van der Waals surface area contributed by atoms with Crippen LogP contribution in [0.15, 0.2) is 29.1 Å². The SMILES string of the molecule is CCOc1ccc2[nH]c(=O)c(CN(C[C@@H]3CCCO3)[C@@H](c3nnnn3C3CCCC3)C(C)C)cc2c1. The molecule has 1 aliphatic carbocycles. The molecule has 2 atom stereocenters. The number of fused-ring (bicyclic) bond motifs is 1. The Kier molecular flexibility index (Phi) is 7.67. The number of hydrogen-bond donors (Lipinski definition) is 1. The van der Waals surface area contributed by atoms with Gasteiger partial charge in [-0.15, -0.1) is 5.10 Å². The van der Waals surface area contributed by atoms with Crippen molar-refractivity contribution in [3.63, 3.8) is 0 Å². The van der Waals surface area contributed by atoms with Crippen LogP contribution in [-0.4, -0.2) is 56.0 Å². The van der Waals surface area contributed by atoms with E-state index in [-0.39, 0.29) is 23.6 Å². The maximum absolute atomic E-state index is 13.2. The Hall–Kier alpha value is -2.78. The van der Waals surface area contributed by atoms with Crippen LogP contribution in [-0.2, 0) is 11.3 Å². The van der Waals surface area contributed by atoms with Crippen molar-refractivity contribution in [2.24, 2.45) is 5.92 Å². The molecule has 2 aromatic heterocycles. The van der Waals surface area contributed by atoms with E-state index in [1.165, 1.54) is 12.8 Å². The van der Waals surface area contributed by atoms with Crippen molar-refractivity contribution in [3.8, 4) is 5.75 Å². The molecule has 5 rings (SSSR count). The number of nitrogens with zero attached hydrogens (tertiary/aromatic N) is 5. The van der Waals surface area contributed by atoms with E-state index in [2.05, 4.69) is 43.9 Å². The van der Waals surface area contributed by atoms with Crippen LogP contribution < -0.4 is 10.3 Å². The number of nitrogens with one attached hydrogen (secondary N) is 1. The van der Waals surface area contributed by atoms with Gasteiger partial charge in [0, 0.05) is 36.2 Å². The minimum Gasteiger partial charge on any atom is -0.494 e. The maximum Gasteiger partial charge on any atom is 0.252 e. The fourth-order valence-corrected chi connectivity index (χ4v) is 5.84. The van der Waals surface area contributed by atoms with Crippen LogP contribution in [0.3, 0.4) is 0 Å². The van der Waals surface area contributed by atoms with E-state index in [0.29, 0.717) is 19.2 Å². The molecule has 2 aliphatic rings. The number of aromatic amines is 1. The number of H-pyrrole nitrogens is 1. The number of rotatable bonds is 10. The number of benzene rings is 1. The van der Waals surface area contributed by atoms with Crippen molar-refractivity contribution in [3.05, 3.63) is 46.0 Å². The van der Waals surface area contributed by atoms with Gasteiger partial charge in [0.25, 0.3) is 5.56 Å². The molecule has 9 nitrogen and oxygen atoms in total. The number of ether oxygens (including phenoxy) is 2. The Balaban J connectivity index is 1.51. The van der Waals surface area contributed by atoms with Crippen molar-refractivity contribution in [2.45, 2.75) is 84.0 Å². The zero-order valence-electron chi connectivity index (χ0n) is 21.7. The van der Waals surface area contributed by atoms with E-state index < -0.39 is 0 Å². The highest BCUT2D eigenvalue weighted by Crippen LogP contribution is 2.35. The van der Waals surface area contributed by atoms with Gasteiger partial charge in [-0.1, -0.05) is 26.7 Å². The van der Waals surface area contributed by atoms with E-state index in [9.17, 15) is 4.79 Å². The zero-order chi connectivity index (χ0) is 25.1. The highest BCUT2D eigenvalue weighted by atomic mass is 16.5. The zero-order valence-corrected chi connectivity index (χ0v) is 21.7. The van der Waals surface area contributed by atoms with E-state index in [1.807, 2.05) is 31.2 Å². The maximum atomic E-state index is 13.2. The smallest absolute Gasteiger partial charge is 0.252 e. The highest BCUT2D eigenvalue weighted by molar-refractivity contribution is 5.80. The van der Waals surface area contributed by atoms with Crippen LogP contribution in [0.1, 0.15) is 82.8 Å². The second-order valence-electron chi connectivity index (χ2n) is 10.5. The van der Waals surface area contributed by atoms with Crippen LogP contribution in [0.4, 0.5) is 0 Å². The molecule has 36 heavy (non-hydrogen) atoms. The summed E-state index contributed by atoms with van der Waals surface area (Å²) in [6.07, 6.45) is 6.90. The summed E-state index contributed by atoms with van der Waals surface area (Å²) in [6, 6.07) is 8.10. The van der Waals surface area contributed by atoms with Crippen molar-refractivity contribution < 1.29 is 9.47 Å². The summed E-state index contributed by atoms with van der Waals surface area (Å²) in [6.45, 7) is 9.00. The molecule has 2 fully saturated rings. The lowest BCUT2D eigenvalue weighted by Crippen LogP contribution is -2.40. The van der Waals surface area contributed by atoms with Crippen molar-refractivity contribution in [1.29, 1.82) is 0 Å². The molecule has 1 saturated heterocycles. The van der Waals surface area contributed by atoms with Gasteiger partial charge in [-0.2, -0.15) is 0 Å². The molecule has 3 heterocycles. The average Bonchev–Trinajstić information content (AvgIpc) is 3.63. The molecule has 1 saturated carbocycles. The Morgan fingerprint density at radius 2 is 2.03 bits per heavy atom. The van der Waals surface area contributed by atoms with Gasteiger partial charge < -0.3 is 14.5 Å². The largest absolute Gasteiger partial charge is 0.494 e. The lowest BCUT2D eigenvalue weighted by molar-refractivity contribution is 0.0379. The first-order valence-corrected chi connectivity index (χ1v) is 13.5. The quantitative estimate of drug-likeness (QED) is 0.446. The normalized spacial score (nSPS) is 19.6. The molecule has 9 heteroatoms. The summed E-state index contributed by atoms with van der Waals surface area (Å²) in [5.74, 6) is 1.95.